The predicted octanol–water partition coefficient (Wildman–Crippen LogP) is 1.54. The molecule has 1 aromatic heterocycles. The molecule has 2 aromatic rings. The molecule has 0 saturated carbocycles. The lowest BCUT2D eigenvalue weighted by atomic mass is 10.2. The topological polar surface area (TPSA) is 46.9 Å². The van der Waals surface area contributed by atoms with Crippen LogP contribution < -0.4 is 5.32 Å². The number of aromatic nitrogens is 2. The molecule has 4 nitrogen and oxygen atoms in total. The van der Waals surface area contributed by atoms with Crippen molar-refractivity contribution in [3.63, 3.8) is 0 Å². The molecule has 0 spiro atoms. The third-order valence-electron chi connectivity index (χ3n) is 2.56. The molecule has 1 N–H and O–H groups in total. The van der Waals surface area contributed by atoms with Crippen molar-refractivity contribution in [2.24, 2.45) is 0 Å². The lowest BCUT2D eigenvalue weighted by molar-refractivity contribution is 0.0958. The molecule has 4 heteroatoms. The fourth-order valence-electron chi connectivity index (χ4n) is 1.63. The second kappa shape index (κ2) is 5.19. The monoisotopic (exact) mass is 239 g/mol. The summed E-state index contributed by atoms with van der Waals surface area (Å²) < 4.78 is 1.81. The number of nitrogens with one attached hydrogen (secondary N) is 1. The number of carbonyl (C=O) groups excluding carboxylic acids is 1. The SMILES string of the molecule is C#CCNC(=O)c1ccc(-n2nccc2C)cc1. The second-order valence-corrected chi connectivity index (χ2v) is 3.82. The van der Waals surface area contributed by atoms with Crippen LogP contribution in [-0.4, -0.2) is 22.2 Å². The Morgan fingerprint density at radius 2 is 2.11 bits per heavy atom. The summed E-state index contributed by atoms with van der Waals surface area (Å²) in [4.78, 5) is 11.6. The van der Waals surface area contributed by atoms with E-state index in [1.165, 1.54) is 0 Å². The highest BCUT2D eigenvalue weighted by atomic mass is 16.1. The summed E-state index contributed by atoms with van der Waals surface area (Å²) in [5.41, 5.74) is 2.55. The third kappa shape index (κ3) is 2.41. The fraction of sp³-hybridized carbons (Fsp3) is 0.143. The van der Waals surface area contributed by atoms with Gasteiger partial charge in [0.1, 0.15) is 0 Å². The molecule has 90 valence electrons. The van der Waals surface area contributed by atoms with Crippen LogP contribution in [0.3, 0.4) is 0 Å². The lowest BCUT2D eigenvalue weighted by Crippen LogP contribution is -2.23. The summed E-state index contributed by atoms with van der Waals surface area (Å²) in [6, 6.07) is 9.13. The maximum Gasteiger partial charge on any atom is 0.252 e. The van der Waals surface area contributed by atoms with Crippen molar-refractivity contribution < 1.29 is 4.79 Å². The number of nitrogens with zero attached hydrogens (tertiary/aromatic N) is 2. The van der Waals surface area contributed by atoms with Crippen LogP contribution in [0.5, 0.6) is 0 Å². The zero-order chi connectivity index (χ0) is 13.0. The van der Waals surface area contributed by atoms with Crippen molar-refractivity contribution in [2.75, 3.05) is 6.54 Å². The molecule has 0 saturated heterocycles. The van der Waals surface area contributed by atoms with Gasteiger partial charge >= 0.3 is 0 Å². The smallest absolute Gasteiger partial charge is 0.252 e. The third-order valence-corrected chi connectivity index (χ3v) is 2.56. The first-order valence-electron chi connectivity index (χ1n) is 5.55. The van der Waals surface area contributed by atoms with Crippen molar-refractivity contribution in [1.82, 2.24) is 15.1 Å². The largest absolute Gasteiger partial charge is 0.341 e. The summed E-state index contributed by atoms with van der Waals surface area (Å²) in [7, 11) is 0. The highest BCUT2D eigenvalue weighted by molar-refractivity contribution is 5.94. The normalized spacial score (nSPS) is 9.78. The van der Waals surface area contributed by atoms with Gasteiger partial charge in [-0.05, 0) is 37.3 Å². The van der Waals surface area contributed by atoms with Crippen LogP contribution >= 0.6 is 0 Å². The van der Waals surface area contributed by atoms with Crippen LogP contribution in [0, 0.1) is 19.3 Å². The minimum atomic E-state index is -0.170. The summed E-state index contributed by atoms with van der Waals surface area (Å²) in [5, 5.41) is 6.82. The van der Waals surface area contributed by atoms with Crippen LogP contribution in [0.1, 0.15) is 16.1 Å². The van der Waals surface area contributed by atoms with Crippen molar-refractivity contribution >= 4 is 5.91 Å². The van der Waals surface area contributed by atoms with Crippen LogP contribution in [-0.2, 0) is 0 Å². The first-order valence-corrected chi connectivity index (χ1v) is 5.55. The Morgan fingerprint density at radius 1 is 1.39 bits per heavy atom. The van der Waals surface area contributed by atoms with E-state index >= 15 is 0 Å². The molecule has 0 radical (unpaired) electrons. The van der Waals surface area contributed by atoms with Crippen LogP contribution in [0.25, 0.3) is 5.69 Å². The van der Waals surface area contributed by atoms with E-state index in [4.69, 9.17) is 6.42 Å². The maximum absolute atomic E-state index is 11.6. The van der Waals surface area contributed by atoms with Gasteiger partial charge in [-0.2, -0.15) is 5.10 Å². The Morgan fingerprint density at radius 3 is 2.67 bits per heavy atom. The Labute approximate surface area is 106 Å². The molecule has 0 bridgehead atoms. The van der Waals surface area contributed by atoms with Gasteiger partial charge in [-0.25, -0.2) is 4.68 Å². The van der Waals surface area contributed by atoms with Gasteiger partial charge in [0.2, 0.25) is 0 Å². The highest BCUT2D eigenvalue weighted by Crippen LogP contribution is 2.11. The minimum absolute atomic E-state index is 0.170. The minimum Gasteiger partial charge on any atom is -0.341 e. The number of benzene rings is 1. The van der Waals surface area contributed by atoms with Gasteiger partial charge < -0.3 is 5.32 Å². The van der Waals surface area contributed by atoms with Crippen LogP contribution in [0.4, 0.5) is 0 Å². The van der Waals surface area contributed by atoms with E-state index in [1.54, 1.807) is 18.3 Å². The van der Waals surface area contributed by atoms with Gasteiger partial charge in [0, 0.05) is 17.5 Å². The molecular weight excluding hydrogens is 226 g/mol. The number of aryl methyl sites for hydroxylation is 1. The maximum atomic E-state index is 11.6. The molecule has 0 unspecified atom stereocenters. The first kappa shape index (κ1) is 11.9. The van der Waals surface area contributed by atoms with E-state index in [2.05, 4.69) is 16.3 Å². The van der Waals surface area contributed by atoms with E-state index in [0.29, 0.717) is 5.56 Å². The molecule has 0 aliphatic heterocycles. The quantitative estimate of drug-likeness (QED) is 0.826. The van der Waals surface area contributed by atoms with Crippen molar-refractivity contribution in [2.45, 2.75) is 6.92 Å². The second-order valence-electron chi connectivity index (χ2n) is 3.82. The standard InChI is InChI=1S/C14H13N3O/c1-3-9-15-14(18)12-4-6-13(7-5-12)17-11(2)8-10-16-17/h1,4-8,10H,9H2,2H3,(H,15,18). The Bertz CT molecular complexity index is 590. The summed E-state index contributed by atoms with van der Waals surface area (Å²) in [6.45, 7) is 2.21. The highest BCUT2D eigenvalue weighted by Gasteiger charge is 2.05. The first-order chi connectivity index (χ1) is 8.72. The predicted molar refractivity (Wildman–Crippen MR) is 69.5 cm³/mol. The summed E-state index contributed by atoms with van der Waals surface area (Å²) in [6.07, 6.45) is 6.82. The van der Waals surface area contributed by atoms with Gasteiger partial charge in [-0.3, -0.25) is 4.79 Å². The van der Waals surface area contributed by atoms with Crippen molar-refractivity contribution in [3.8, 4) is 18.0 Å². The van der Waals surface area contributed by atoms with Crippen molar-refractivity contribution in [1.29, 1.82) is 0 Å². The van der Waals surface area contributed by atoms with Gasteiger partial charge in [0.15, 0.2) is 0 Å². The van der Waals surface area contributed by atoms with Crippen LogP contribution in [0.15, 0.2) is 36.5 Å². The molecule has 0 atom stereocenters. The fourth-order valence-corrected chi connectivity index (χ4v) is 1.63. The number of amides is 1. The molecule has 0 fully saturated rings. The van der Waals surface area contributed by atoms with Gasteiger partial charge in [-0.15, -0.1) is 6.42 Å². The summed E-state index contributed by atoms with van der Waals surface area (Å²) in [5.74, 6) is 2.19. The van der Waals surface area contributed by atoms with E-state index in [-0.39, 0.29) is 12.5 Å². The molecule has 1 aromatic carbocycles. The molecule has 0 aliphatic rings. The molecule has 18 heavy (non-hydrogen) atoms. The van der Waals surface area contributed by atoms with E-state index in [1.807, 2.05) is 29.8 Å². The number of rotatable bonds is 3. The number of hydrogen-bond donors (Lipinski definition) is 1. The van der Waals surface area contributed by atoms with E-state index in [9.17, 15) is 4.79 Å². The van der Waals surface area contributed by atoms with Crippen molar-refractivity contribution in [3.05, 3.63) is 47.8 Å². The average Bonchev–Trinajstić information content (AvgIpc) is 2.82. The average molecular weight is 239 g/mol. The molecule has 1 amide bonds. The number of hydrogen-bond acceptors (Lipinski definition) is 2. The zero-order valence-electron chi connectivity index (χ0n) is 10.1. The van der Waals surface area contributed by atoms with Gasteiger partial charge in [-0.1, -0.05) is 5.92 Å². The number of terminal acetylenes is 1. The lowest BCUT2D eigenvalue weighted by Gasteiger charge is -2.06. The molecule has 2 rings (SSSR count). The zero-order valence-corrected chi connectivity index (χ0v) is 10.1. The Balaban J connectivity index is 2.18. The van der Waals surface area contributed by atoms with E-state index < -0.39 is 0 Å². The Hall–Kier alpha value is -2.54. The molecule has 1 heterocycles. The summed E-state index contributed by atoms with van der Waals surface area (Å²) >= 11 is 0. The van der Waals surface area contributed by atoms with Gasteiger partial charge in [0.25, 0.3) is 5.91 Å². The van der Waals surface area contributed by atoms with Gasteiger partial charge in [0.05, 0.1) is 12.2 Å². The molecular formula is C14H13N3O. The Kier molecular flexibility index (Phi) is 3.44. The number of carbonyl (C=O) groups is 1. The molecule has 0 aliphatic carbocycles. The van der Waals surface area contributed by atoms with E-state index in [0.717, 1.165) is 11.4 Å². The van der Waals surface area contributed by atoms with Crippen LogP contribution in [0.2, 0.25) is 0 Å².